The predicted molar refractivity (Wildman–Crippen MR) is 61.6 cm³/mol. The summed E-state index contributed by atoms with van der Waals surface area (Å²) in [5, 5.41) is 18.8. The van der Waals surface area contributed by atoms with E-state index in [1.165, 1.54) is 17.1 Å². The topological polar surface area (TPSA) is 119 Å². The second kappa shape index (κ2) is 4.37. The Morgan fingerprint density at radius 3 is 2.95 bits per heavy atom. The molecule has 2 aromatic rings. The highest BCUT2D eigenvalue weighted by Gasteiger charge is 2.45. The lowest BCUT2D eigenvalue weighted by atomic mass is 10.1. The van der Waals surface area contributed by atoms with Gasteiger partial charge in [0.2, 0.25) is 5.95 Å². The normalized spacial score (nSPS) is 31.1. The maximum Gasteiger partial charge on any atom is 0.222 e. The number of nitrogens with two attached hydrogens (primary N) is 1. The van der Waals surface area contributed by atoms with Crippen molar-refractivity contribution in [3.63, 3.8) is 0 Å². The van der Waals surface area contributed by atoms with Crippen molar-refractivity contribution in [1.29, 1.82) is 0 Å². The zero-order valence-corrected chi connectivity index (χ0v) is 9.72. The third-order valence-electron chi connectivity index (χ3n) is 3.08. The number of nitrogens with zero attached hydrogens (tertiary/aromatic N) is 4. The van der Waals surface area contributed by atoms with Crippen LogP contribution < -0.4 is 5.73 Å². The fraction of sp³-hybridized carbons (Fsp3) is 0.500. The third kappa shape index (κ3) is 1.82. The molecule has 1 fully saturated rings. The van der Waals surface area contributed by atoms with E-state index < -0.39 is 31.2 Å². The van der Waals surface area contributed by atoms with E-state index in [-0.39, 0.29) is 5.95 Å². The van der Waals surface area contributed by atoms with Gasteiger partial charge in [0.1, 0.15) is 17.7 Å². The fourth-order valence-corrected chi connectivity index (χ4v) is 2.11. The number of anilines is 1. The first-order valence-electron chi connectivity index (χ1n) is 5.65. The summed E-state index contributed by atoms with van der Waals surface area (Å²) in [6, 6.07) is 0. The lowest BCUT2D eigenvalue weighted by Gasteiger charge is -2.16. The first-order valence-corrected chi connectivity index (χ1v) is 5.65. The molecule has 4 atom stereocenters. The molecule has 3 heterocycles. The average Bonchev–Trinajstić information content (AvgIpc) is 2.92. The molecular weight excluding hydrogens is 257 g/mol. The number of aliphatic hydroxyl groups is 2. The van der Waals surface area contributed by atoms with Gasteiger partial charge < -0.3 is 20.7 Å². The largest absolute Gasteiger partial charge is 0.394 e. The molecule has 0 aromatic carbocycles. The van der Waals surface area contributed by atoms with Crippen LogP contribution in [0.5, 0.6) is 0 Å². The van der Waals surface area contributed by atoms with Gasteiger partial charge in [0.25, 0.3) is 0 Å². The number of fused-ring (bicyclic) bond motifs is 1. The highest BCUT2D eigenvalue weighted by Crippen LogP contribution is 2.32. The van der Waals surface area contributed by atoms with Gasteiger partial charge in [-0.05, 0) is 0 Å². The minimum Gasteiger partial charge on any atom is -0.394 e. The molecule has 1 aliphatic rings. The smallest absolute Gasteiger partial charge is 0.222 e. The number of hydrogen-bond donors (Lipinski definition) is 3. The molecule has 1 aliphatic heterocycles. The van der Waals surface area contributed by atoms with Crippen LogP contribution in [0.3, 0.4) is 0 Å². The van der Waals surface area contributed by atoms with E-state index in [4.69, 9.17) is 15.6 Å². The molecule has 0 aliphatic carbocycles. The van der Waals surface area contributed by atoms with Gasteiger partial charge >= 0.3 is 0 Å². The zero-order valence-electron chi connectivity index (χ0n) is 9.72. The SMILES string of the molecule is Nc1ncc2ncn(C3OC(CO)C(F)C3O)c2n1. The Morgan fingerprint density at radius 1 is 1.47 bits per heavy atom. The van der Waals surface area contributed by atoms with E-state index in [1.807, 2.05) is 0 Å². The van der Waals surface area contributed by atoms with E-state index in [9.17, 15) is 9.50 Å². The molecule has 0 saturated carbocycles. The summed E-state index contributed by atoms with van der Waals surface area (Å²) >= 11 is 0. The zero-order chi connectivity index (χ0) is 13.6. The molecule has 0 spiro atoms. The number of rotatable bonds is 2. The number of aliphatic hydroxyl groups excluding tert-OH is 2. The lowest BCUT2D eigenvalue weighted by molar-refractivity contribution is -0.0495. The van der Waals surface area contributed by atoms with Crippen LogP contribution in [0.15, 0.2) is 12.5 Å². The molecule has 0 bridgehead atoms. The average molecular weight is 269 g/mol. The molecule has 8 nitrogen and oxygen atoms in total. The minimum absolute atomic E-state index is 0.0391. The first kappa shape index (κ1) is 12.2. The van der Waals surface area contributed by atoms with E-state index >= 15 is 0 Å². The molecular formula is C10H12FN5O3. The molecule has 3 rings (SSSR count). The van der Waals surface area contributed by atoms with Gasteiger partial charge in [-0.25, -0.2) is 14.4 Å². The standard InChI is InChI=1S/C10H12FN5O3/c11-6-5(2-17)19-9(7(6)18)16-3-14-4-1-13-10(12)15-8(4)16/h1,3,5-7,9,17-18H,2H2,(H2,12,13,15). The van der Waals surface area contributed by atoms with Gasteiger partial charge in [0.15, 0.2) is 18.0 Å². The summed E-state index contributed by atoms with van der Waals surface area (Å²) in [5.74, 6) is 0.0391. The number of imidazole rings is 1. The molecule has 2 aromatic heterocycles. The van der Waals surface area contributed by atoms with Crippen molar-refractivity contribution in [1.82, 2.24) is 19.5 Å². The van der Waals surface area contributed by atoms with E-state index in [1.54, 1.807) is 0 Å². The summed E-state index contributed by atoms with van der Waals surface area (Å²) in [4.78, 5) is 11.8. The van der Waals surface area contributed by atoms with Crippen molar-refractivity contribution < 1.29 is 19.3 Å². The Kier molecular flexibility index (Phi) is 2.81. The predicted octanol–water partition coefficient (Wildman–Crippen LogP) is -1.00. The van der Waals surface area contributed by atoms with Gasteiger partial charge in [0, 0.05) is 0 Å². The number of ether oxygens (including phenoxy) is 1. The van der Waals surface area contributed by atoms with Crippen LogP contribution in [0.1, 0.15) is 6.23 Å². The van der Waals surface area contributed by atoms with Crippen LogP contribution in [-0.4, -0.2) is 54.7 Å². The van der Waals surface area contributed by atoms with Crippen molar-refractivity contribution in [2.24, 2.45) is 0 Å². The number of alkyl halides is 1. The summed E-state index contributed by atoms with van der Waals surface area (Å²) in [5.41, 5.74) is 6.27. The fourth-order valence-electron chi connectivity index (χ4n) is 2.11. The highest BCUT2D eigenvalue weighted by atomic mass is 19.1. The van der Waals surface area contributed by atoms with Crippen LogP contribution in [0.2, 0.25) is 0 Å². The third-order valence-corrected chi connectivity index (χ3v) is 3.08. The van der Waals surface area contributed by atoms with Crippen LogP contribution in [0, 0.1) is 0 Å². The van der Waals surface area contributed by atoms with Crippen LogP contribution in [-0.2, 0) is 4.74 Å². The van der Waals surface area contributed by atoms with E-state index in [0.717, 1.165) is 0 Å². The van der Waals surface area contributed by atoms with Crippen LogP contribution in [0.25, 0.3) is 11.2 Å². The lowest BCUT2D eigenvalue weighted by Crippen LogP contribution is -2.29. The molecule has 1 saturated heterocycles. The van der Waals surface area contributed by atoms with Crippen LogP contribution >= 0.6 is 0 Å². The summed E-state index contributed by atoms with van der Waals surface area (Å²) in [6.45, 7) is -0.515. The van der Waals surface area contributed by atoms with Crippen molar-refractivity contribution in [3.8, 4) is 0 Å². The Hall–Kier alpha value is -1.84. The molecule has 4 unspecified atom stereocenters. The summed E-state index contributed by atoms with van der Waals surface area (Å²) < 4.78 is 20.3. The summed E-state index contributed by atoms with van der Waals surface area (Å²) in [6.07, 6.45) is -2.38. The van der Waals surface area contributed by atoms with E-state index in [0.29, 0.717) is 11.2 Å². The monoisotopic (exact) mass is 269 g/mol. The quantitative estimate of drug-likeness (QED) is 0.639. The van der Waals surface area contributed by atoms with Crippen molar-refractivity contribution in [2.45, 2.75) is 24.6 Å². The highest BCUT2D eigenvalue weighted by molar-refractivity contribution is 5.70. The number of halogens is 1. The number of aromatic nitrogens is 4. The Bertz CT molecular complexity index is 606. The van der Waals surface area contributed by atoms with Gasteiger partial charge in [-0.3, -0.25) is 4.57 Å². The van der Waals surface area contributed by atoms with Gasteiger partial charge in [-0.15, -0.1) is 0 Å². The Morgan fingerprint density at radius 2 is 2.26 bits per heavy atom. The van der Waals surface area contributed by atoms with Crippen LogP contribution in [0.4, 0.5) is 10.3 Å². The minimum atomic E-state index is -1.67. The van der Waals surface area contributed by atoms with Crippen molar-refractivity contribution >= 4 is 17.1 Å². The second-order valence-electron chi connectivity index (χ2n) is 4.27. The molecule has 9 heteroatoms. The maximum absolute atomic E-state index is 13.7. The number of hydrogen-bond acceptors (Lipinski definition) is 7. The molecule has 4 N–H and O–H groups in total. The maximum atomic E-state index is 13.7. The molecule has 0 amide bonds. The molecule has 0 radical (unpaired) electrons. The Balaban J connectivity index is 2.03. The number of nitrogen functional groups attached to an aromatic ring is 1. The van der Waals surface area contributed by atoms with E-state index in [2.05, 4.69) is 15.0 Å². The van der Waals surface area contributed by atoms with Gasteiger partial charge in [-0.1, -0.05) is 0 Å². The molecule has 19 heavy (non-hydrogen) atoms. The summed E-state index contributed by atoms with van der Waals surface area (Å²) in [7, 11) is 0. The van der Waals surface area contributed by atoms with Crippen molar-refractivity contribution in [3.05, 3.63) is 12.5 Å². The van der Waals surface area contributed by atoms with Crippen molar-refractivity contribution in [2.75, 3.05) is 12.3 Å². The van der Waals surface area contributed by atoms with Gasteiger partial charge in [-0.2, -0.15) is 4.98 Å². The second-order valence-corrected chi connectivity index (χ2v) is 4.27. The molecule has 102 valence electrons. The first-order chi connectivity index (χ1) is 9.11. The van der Waals surface area contributed by atoms with Gasteiger partial charge in [0.05, 0.1) is 19.1 Å². The Labute approximate surface area is 106 Å².